The van der Waals surface area contributed by atoms with Gasteiger partial charge in [0.1, 0.15) is 0 Å². The van der Waals surface area contributed by atoms with Crippen LogP contribution in [0.15, 0.2) is 42.5 Å². The van der Waals surface area contributed by atoms with E-state index in [1.807, 2.05) is 0 Å². The van der Waals surface area contributed by atoms with Crippen molar-refractivity contribution >= 4 is 10.8 Å². The highest BCUT2D eigenvalue weighted by molar-refractivity contribution is 5.82. The smallest absolute Gasteiger partial charge is 0.00682 e. The molecule has 0 aromatic heterocycles. The standard InChI is InChI=1S/C17H21N/c1-2-7-16-13-14(8-9-15(16)6-1)5-3-4-12-18-17-10-11-17/h1-2,6-9,13,17-18H,3-5,10-12H2. The Labute approximate surface area is 109 Å². The molecule has 1 heteroatoms. The van der Waals surface area contributed by atoms with Gasteiger partial charge in [-0.25, -0.2) is 0 Å². The lowest BCUT2D eigenvalue weighted by Gasteiger charge is -2.05. The molecule has 0 radical (unpaired) electrons. The van der Waals surface area contributed by atoms with E-state index in [4.69, 9.17) is 0 Å². The molecule has 0 atom stereocenters. The normalized spacial score (nSPS) is 15.1. The van der Waals surface area contributed by atoms with Crippen LogP contribution >= 0.6 is 0 Å². The van der Waals surface area contributed by atoms with E-state index in [-0.39, 0.29) is 0 Å². The Morgan fingerprint density at radius 2 is 1.78 bits per heavy atom. The van der Waals surface area contributed by atoms with Gasteiger partial charge in [0.2, 0.25) is 0 Å². The molecular weight excluding hydrogens is 218 g/mol. The van der Waals surface area contributed by atoms with Gasteiger partial charge in [0, 0.05) is 6.04 Å². The average Bonchev–Trinajstić information content (AvgIpc) is 3.22. The molecule has 0 heterocycles. The van der Waals surface area contributed by atoms with E-state index in [2.05, 4.69) is 47.8 Å². The Morgan fingerprint density at radius 1 is 0.944 bits per heavy atom. The molecule has 2 aromatic rings. The number of nitrogens with one attached hydrogen (secondary N) is 1. The molecule has 0 aliphatic heterocycles. The van der Waals surface area contributed by atoms with E-state index < -0.39 is 0 Å². The lowest BCUT2D eigenvalue weighted by Crippen LogP contribution is -2.17. The first-order valence-electron chi connectivity index (χ1n) is 7.13. The summed E-state index contributed by atoms with van der Waals surface area (Å²) in [7, 11) is 0. The third-order valence-electron chi connectivity index (χ3n) is 3.72. The zero-order valence-corrected chi connectivity index (χ0v) is 10.9. The van der Waals surface area contributed by atoms with Crippen LogP contribution in [0, 0.1) is 0 Å². The minimum absolute atomic E-state index is 0.852. The Kier molecular flexibility index (Phi) is 3.61. The summed E-state index contributed by atoms with van der Waals surface area (Å²) in [5.41, 5.74) is 1.47. The van der Waals surface area contributed by atoms with E-state index in [1.165, 1.54) is 55.0 Å². The largest absolute Gasteiger partial charge is 0.314 e. The molecule has 0 bridgehead atoms. The van der Waals surface area contributed by atoms with Gasteiger partial charge >= 0.3 is 0 Å². The predicted octanol–water partition coefficient (Wildman–Crippen LogP) is 3.91. The van der Waals surface area contributed by atoms with Gasteiger partial charge in [-0.05, 0) is 55.0 Å². The van der Waals surface area contributed by atoms with Crippen molar-refractivity contribution in [1.29, 1.82) is 0 Å². The fraction of sp³-hybridized carbons (Fsp3) is 0.412. The third-order valence-corrected chi connectivity index (χ3v) is 3.72. The van der Waals surface area contributed by atoms with E-state index in [0.717, 1.165) is 6.04 Å². The summed E-state index contributed by atoms with van der Waals surface area (Å²) in [5, 5.41) is 6.28. The van der Waals surface area contributed by atoms with Crippen molar-refractivity contribution in [1.82, 2.24) is 5.32 Å². The van der Waals surface area contributed by atoms with E-state index in [0.29, 0.717) is 0 Å². The maximum absolute atomic E-state index is 3.57. The topological polar surface area (TPSA) is 12.0 Å². The van der Waals surface area contributed by atoms with Crippen LogP contribution in [-0.2, 0) is 6.42 Å². The highest BCUT2D eigenvalue weighted by Crippen LogP contribution is 2.19. The highest BCUT2D eigenvalue weighted by atomic mass is 14.9. The minimum atomic E-state index is 0.852. The van der Waals surface area contributed by atoms with Gasteiger partial charge in [-0.15, -0.1) is 0 Å². The van der Waals surface area contributed by atoms with Gasteiger partial charge in [-0.2, -0.15) is 0 Å². The van der Waals surface area contributed by atoms with Crippen LogP contribution in [-0.4, -0.2) is 12.6 Å². The number of aryl methyl sites for hydroxylation is 1. The van der Waals surface area contributed by atoms with Crippen molar-refractivity contribution in [2.75, 3.05) is 6.54 Å². The van der Waals surface area contributed by atoms with Crippen LogP contribution in [0.3, 0.4) is 0 Å². The molecule has 0 unspecified atom stereocenters. The molecule has 94 valence electrons. The second kappa shape index (κ2) is 5.53. The van der Waals surface area contributed by atoms with Crippen molar-refractivity contribution < 1.29 is 0 Å². The van der Waals surface area contributed by atoms with Crippen molar-refractivity contribution in [3.05, 3.63) is 48.0 Å². The van der Waals surface area contributed by atoms with Gasteiger partial charge in [0.05, 0.1) is 0 Å². The first-order valence-corrected chi connectivity index (χ1v) is 7.13. The summed E-state index contributed by atoms with van der Waals surface area (Å²) < 4.78 is 0. The summed E-state index contributed by atoms with van der Waals surface area (Å²) in [5.74, 6) is 0. The molecule has 1 aliphatic rings. The maximum Gasteiger partial charge on any atom is 0.00682 e. The molecule has 0 spiro atoms. The Balaban J connectivity index is 1.50. The number of benzene rings is 2. The van der Waals surface area contributed by atoms with Gasteiger partial charge in [-0.3, -0.25) is 0 Å². The lowest BCUT2D eigenvalue weighted by molar-refractivity contribution is 0.620. The van der Waals surface area contributed by atoms with Crippen LogP contribution in [0.2, 0.25) is 0 Å². The third kappa shape index (κ3) is 3.11. The van der Waals surface area contributed by atoms with Crippen LogP contribution in [0.5, 0.6) is 0 Å². The predicted molar refractivity (Wildman–Crippen MR) is 77.9 cm³/mol. The summed E-state index contributed by atoms with van der Waals surface area (Å²) >= 11 is 0. The molecule has 1 aliphatic carbocycles. The van der Waals surface area contributed by atoms with Crippen molar-refractivity contribution in [3.8, 4) is 0 Å². The molecule has 1 saturated carbocycles. The second-order valence-corrected chi connectivity index (χ2v) is 5.37. The molecule has 1 nitrogen and oxygen atoms in total. The average molecular weight is 239 g/mol. The fourth-order valence-corrected chi connectivity index (χ4v) is 2.44. The quantitative estimate of drug-likeness (QED) is 0.753. The highest BCUT2D eigenvalue weighted by Gasteiger charge is 2.19. The number of rotatable bonds is 6. The zero-order chi connectivity index (χ0) is 12.2. The summed E-state index contributed by atoms with van der Waals surface area (Å²) in [6, 6.07) is 16.3. The Morgan fingerprint density at radius 3 is 2.61 bits per heavy atom. The SMILES string of the molecule is c1ccc2cc(CCCCNC3CC3)ccc2c1. The van der Waals surface area contributed by atoms with Crippen molar-refractivity contribution in [2.24, 2.45) is 0 Å². The van der Waals surface area contributed by atoms with Gasteiger partial charge < -0.3 is 5.32 Å². The Bertz CT molecular complexity index is 514. The van der Waals surface area contributed by atoms with Gasteiger partial charge in [0.15, 0.2) is 0 Å². The molecule has 1 fully saturated rings. The molecule has 0 saturated heterocycles. The fourth-order valence-electron chi connectivity index (χ4n) is 2.44. The monoisotopic (exact) mass is 239 g/mol. The van der Waals surface area contributed by atoms with E-state index in [9.17, 15) is 0 Å². The number of fused-ring (bicyclic) bond motifs is 1. The van der Waals surface area contributed by atoms with E-state index in [1.54, 1.807) is 0 Å². The first kappa shape index (κ1) is 11.7. The van der Waals surface area contributed by atoms with Crippen molar-refractivity contribution in [2.45, 2.75) is 38.1 Å². The molecule has 0 amide bonds. The summed E-state index contributed by atoms with van der Waals surface area (Å²) in [6.07, 6.45) is 6.58. The molecule has 3 rings (SSSR count). The van der Waals surface area contributed by atoms with Gasteiger partial charge in [-0.1, -0.05) is 42.5 Å². The summed E-state index contributed by atoms with van der Waals surface area (Å²) in [4.78, 5) is 0. The molecule has 18 heavy (non-hydrogen) atoms. The molecule has 2 aromatic carbocycles. The number of unbranched alkanes of at least 4 members (excludes halogenated alkanes) is 1. The van der Waals surface area contributed by atoms with Crippen LogP contribution in [0.4, 0.5) is 0 Å². The van der Waals surface area contributed by atoms with Crippen LogP contribution in [0.1, 0.15) is 31.2 Å². The minimum Gasteiger partial charge on any atom is -0.314 e. The molecule has 1 N–H and O–H groups in total. The maximum atomic E-state index is 3.57. The Hall–Kier alpha value is -1.34. The van der Waals surface area contributed by atoms with Crippen LogP contribution < -0.4 is 5.32 Å². The summed E-state index contributed by atoms with van der Waals surface area (Å²) in [6.45, 7) is 1.19. The van der Waals surface area contributed by atoms with Gasteiger partial charge in [0.25, 0.3) is 0 Å². The van der Waals surface area contributed by atoms with Crippen LogP contribution in [0.25, 0.3) is 10.8 Å². The lowest BCUT2D eigenvalue weighted by atomic mass is 10.0. The molecular formula is C17H21N. The zero-order valence-electron chi connectivity index (χ0n) is 10.9. The first-order chi connectivity index (χ1) is 8.92. The van der Waals surface area contributed by atoms with E-state index >= 15 is 0 Å². The second-order valence-electron chi connectivity index (χ2n) is 5.37. The number of hydrogen-bond donors (Lipinski definition) is 1. The number of hydrogen-bond acceptors (Lipinski definition) is 1. The van der Waals surface area contributed by atoms with Crippen molar-refractivity contribution in [3.63, 3.8) is 0 Å².